The van der Waals surface area contributed by atoms with Gasteiger partial charge in [-0.15, -0.1) is 0 Å². The molecule has 0 aliphatic carbocycles. The SMILES string of the molecule is CCCCC(C)C(CCCC(C)=O)C(=O)CCC. The molecule has 0 aromatic rings. The van der Waals surface area contributed by atoms with Crippen LogP contribution in [0.15, 0.2) is 0 Å². The van der Waals surface area contributed by atoms with Crippen LogP contribution in [0.4, 0.5) is 0 Å². The van der Waals surface area contributed by atoms with Crippen molar-refractivity contribution < 1.29 is 9.59 Å². The van der Waals surface area contributed by atoms with Gasteiger partial charge in [0.15, 0.2) is 0 Å². The molecule has 2 nitrogen and oxygen atoms in total. The van der Waals surface area contributed by atoms with Gasteiger partial charge >= 0.3 is 0 Å². The zero-order chi connectivity index (χ0) is 14.0. The lowest BCUT2D eigenvalue weighted by atomic mass is 9.81. The molecule has 0 aromatic heterocycles. The zero-order valence-electron chi connectivity index (χ0n) is 12.6. The second-order valence-electron chi connectivity index (χ2n) is 5.54. The molecule has 0 spiro atoms. The Morgan fingerprint density at radius 3 is 2.11 bits per heavy atom. The number of hydrogen-bond donors (Lipinski definition) is 0. The van der Waals surface area contributed by atoms with Crippen molar-refractivity contribution in [3.63, 3.8) is 0 Å². The minimum atomic E-state index is 0.177. The van der Waals surface area contributed by atoms with Gasteiger partial charge in [-0.2, -0.15) is 0 Å². The van der Waals surface area contributed by atoms with Gasteiger partial charge in [0.1, 0.15) is 11.6 Å². The topological polar surface area (TPSA) is 34.1 Å². The fraction of sp³-hybridized carbons (Fsp3) is 0.875. The Kier molecular flexibility index (Phi) is 9.90. The lowest BCUT2D eigenvalue weighted by Gasteiger charge is -2.22. The quantitative estimate of drug-likeness (QED) is 0.542. The van der Waals surface area contributed by atoms with Crippen LogP contribution >= 0.6 is 0 Å². The third kappa shape index (κ3) is 7.62. The number of carbonyl (C=O) groups excluding carboxylic acids is 2. The van der Waals surface area contributed by atoms with E-state index in [2.05, 4.69) is 20.8 Å². The van der Waals surface area contributed by atoms with E-state index in [4.69, 9.17) is 0 Å². The number of unbranched alkanes of at least 4 members (excludes halogenated alkanes) is 1. The van der Waals surface area contributed by atoms with Gasteiger partial charge in [0.05, 0.1) is 0 Å². The summed E-state index contributed by atoms with van der Waals surface area (Å²) in [5.41, 5.74) is 0. The van der Waals surface area contributed by atoms with Crippen molar-refractivity contribution in [1.29, 1.82) is 0 Å². The molecule has 0 fully saturated rings. The van der Waals surface area contributed by atoms with E-state index in [1.165, 1.54) is 12.8 Å². The second kappa shape index (κ2) is 10.3. The summed E-state index contributed by atoms with van der Waals surface area (Å²) in [6.45, 7) is 8.07. The van der Waals surface area contributed by atoms with Gasteiger partial charge in [0.25, 0.3) is 0 Å². The normalized spacial score (nSPS) is 14.2. The van der Waals surface area contributed by atoms with Crippen LogP contribution in [-0.4, -0.2) is 11.6 Å². The molecule has 0 radical (unpaired) electrons. The van der Waals surface area contributed by atoms with Gasteiger partial charge in [-0.05, 0) is 32.1 Å². The van der Waals surface area contributed by atoms with Crippen LogP contribution in [-0.2, 0) is 9.59 Å². The van der Waals surface area contributed by atoms with E-state index in [1.54, 1.807) is 6.92 Å². The first kappa shape index (κ1) is 17.3. The molecule has 0 saturated heterocycles. The Balaban J connectivity index is 4.31. The van der Waals surface area contributed by atoms with E-state index in [0.29, 0.717) is 24.5 Å². The fourth-order valence-corrected chi connectivity index (χ4v) is 2.49. The molecule has 2 atom stereocenters. The van der Waals surface area contributed by atoms with Crippen molar-refractivity contribution in [1.82, 2.24) is 0 Å². The molecular weight excluding hydrogens is 224 g/mol. The first-order valence-corrected chi connectivity index (χ1v) is 7.55. The Morgan fingerprint density at radius 1 is 0.944 bits per heavy atom. The average Bonchev–Trinajstić information content (AvgIpc) is 2.31. The fourth-order valence-electron chi connectivity index (χ4n) is 2.49. The van der Waals surface area contributed by atoms with Gasteiger partial charge in [0, 0.05) is 18.8 Å². The van der Waals surface area contributed by atoms with E-state index >= 15 is 0 Å². The van der Waals surface area contributed by atoms with Gasteiger partial charge in [-0.1, -0.05) is 40.0 Å². The molecule has 0 heterocycles. The molecule has 0 amide bonds. The van der Waals surface area contributed by atoms with E-state index in [0.717, 1.165) is 25.7 Å². The van der Waals surface area contributed by atoms with Crippen LogP contribution < -0.4 is 0 Å². The summed E-state index contributed by atoms with van der Waals surface area (Å²) in [6.07, 6.45) is 7.53. The van der Waals surface area contributed by atoms with Crippen LogP contribution in [0.5, 0.6) is 0 Å². The van der Waals surface area contributed by atoms with E-state index < -0.39 is 0 Å². The molecule has 0 saturated carbocycles. The molecule has 18 heavy (non-hydrogen) atoms. The highest BCUT2D eigenvalue weighted by atomic mass is 16.1. The highest BCUT2D eigenvalue weighted by Gasteiger charge is 2.23. The maximum Gasteiger partial charge on any atom is 0.136 e. The van der Waals surface area contributed by atoms with Gasteiger partial charge in [-0.3, -0.25) is 4.79 Å². The predicted octanol–water partition coefficient (Wildman–Crippen LogP) is 4.56. The van der Waals surface area contributed by atoms with Crippen molar-refractivity contribution in [3.8, 4) is 0 Å². The highest BCUT2D eigenvalue weighted by molar-refractivity contribution is 5.81. The van der Waals surface area contributed by atoms with Gasteiger partial charge in [-0.25, -0.2) is 0 Å². The summed E-state index contributed by atoms with van der Waals surface area (Å²) in [4.78, 5) is 23.1. The van der Waals surface area contributed by atoms with Crippen LogP contribution in [0.2, 0.25) is 0 Å². The molecule has 2 unspecified atom stereocenters. The molecular formula is C16H30O2. The van der Waals surface area contributed by atoms with Crippen LogP contribution in [0.1, 0.15) is 79.1 Å². The summed E-state index contributed by atoms with van der Waals surface area (Å²) >= 11 is 0. The lowest BCUT2D eigenvalue weighted by molar-refractivity contribution is -0.125. The van der Waals surface area contributed by atoms with Crippen molar-refractivity contribution in [2.24, 2.45) is 11.8 Å². The van der Waals surface area contributed by atoms with Crippen molar-refractivity contribution in [2.75, 3.05) is 0 Å². The second-order valence-corrected chi connectivity index (χ2v) is 5.54. The van der Waals surface area contributed by atoms with Crippen molar-refractivity contribution in [2.45, 2.75) is 79.1 Å². The molecule has 0 bridgehead atoms. The van der Waals surface area contributed by atoms with Gasteiger partial charge < -0.3 is 4.79 Å². The van der Waals surface area contributed by atoms with Crippen LogP contribution in [0, 0.1) is 11.8 Å². The molecule has 2 heteroatoms. The Hall–Kier alpha value is -0.660. The van der Waals surface area contributed by atoms with E-state index in [-0.39, 0.29) is 11.7 Å². The molecule has 0 aromatic carbocycles. The van der Waals surface area contributed by atoms with Crippen molar-refractivity contribution >= 4 is 11.6 Å². The molecule has 0 aliphatic heterocycles. The maximum absolute atomic E-state index is 12.1. The third-order valence-electron chi connectivity index (χ3n) is 3.65. The number of hydrogen-bond acceptors (Lipinski definition) is 2. The predicted molar refractivity (Wildman–Crippen MR) is 76.6 cm³/mol. The summed E-state index contributed by atoms with van der Waals surface area (Å²) in [5, 5.41) is 0. The first-order chi connectivity index (χ1) is 8.52. The number of carbonyl (C=O) groups is 2. The molecule has 0 aliphatic rings. The first-order valence-electron chi connectivity index (χ1n) is 7.55. The zero-order valence-corrected chi connectivity index (χ0v) is 12.6. The monoisotopic (exact) mass is 254 g/mol. The average molecular weight is 254 g/mol. The lowest BCUT2D eigenvalue weighted by Crippen LogP contribution is -2.22. The highest BCUT2D eigenvalue weighted by Crippen LogP contribution is 2.26. The standard InChI is InChI=1S/C16H30O2/c1-5-7-10-13(3)15(16(18)9-6-2)12-8-11-14(4)17/h13,15H,5-12H2,1-4H3. The minimum absolute atomic E-state index is 0.177. The Labute approximate surface area is 113 Å². The summed E-state index contributed by atoms with van der Waals surface area (Å²) in [7, 11) is 0. The third-order valence-corrected chi connectivity index (χ3v) is 3.65. The molecule has 0 rings (SSSR count). The number of ketones is 2. The Bertz CT molecular complexity index is 245. The largest absolute Gasteiger partial charge is 0.300 e. The van der Waals surface area contributed by atoms with E-state index in [9.17, 15) is 9.59 Å². The minimum Gasteiger partial charge on any atom is -0.300 e. The summed E-state index contributed by atoms with van der Waals surface area (Å²) in [6, 6.07) is 0. The summed E-state index contributed by atoms with van der Waals surface area (Å²) in [5.74, 6) is 1.29. The van der Waals surface area contributed by atoms with Crippen LogP contribution in [0.25, 0.3) is 0 Å². The molecule has 106 valence electrons. The van der Waals surface area contributed by atoms with Crippen molar-refractivity contribution in [3.05, 3.63) is 0 Å². The Morgan fingerprint density at radius 2 is 1.61 bits per heavy atom. The van der Waals surface area contributed by atoms with E-state index in [1.807, 2.05) is 0 Å². The smallest absolute Gasteiger partial charge is 0.136 e. The maximum atomic E-state index is 12.1. The molecule has 0 N–H and O–H groups in total. The summed E-state index contributed by atoms with van der Waals surface area (Å²) < 4.78 is 0. The van der Waals surface area contributed by atoms with Crippen LogP contribution in [0.3, 0.4) is 0 Å². The number of rotatable bonds is 11. The number of Topliss-reactive ketones (excluding diaryl/α,β-unsaturated/α-hetero) is 2. The van der Waals surface area contributed by atoms with Gasteiger partial charge in [0.2, 0.25) is 0 Å².